The second kappa shape index (κ2) is 6.34. The average Bonchev–Trinajstić information content (AvgIpc) is 3.19. The van der Waals surface area contributed by atoms with Gasteiger partial charge in [0.15, 0.2) is 11.5 Å². The number of carbonyl (C=O) groups excluding carboxylic acids is 3. The minimum atomic E-state index is -0.412. The van der Waals surface area contributed by atoms with E-state index in [4.69, 9.17) is 21.1 Å². The maximum atomic E-state index is 12.3. The van der Waals surface area contributed by atoms with E-state index in [-0.39, 0.29) is 37.3 Å². The topological polar surface area (TPSA) is 84.9 Å². The molecule has 2 heterocycles. The summed E-state index contributed by atoms with van der Waals surface area (Å²) < 4.78 is 10.4. The molecule has 7 nitrogen and oxygen atoms in total. The van der Waals surface area contributed by atoms with E-state index in [9.17, 15) is 14.4 Å². The van der Waals surface area contributed by atoms with Crippen molar-refractivity contribution < 1.29 is 23.9 Å². The number of fused-ring (bicyclic) bond motifs is 2. The third kappa shape index (κ3) is 2.76. The fraction of sp³-hybridized carbons (Fsp3) is 0.167. The predicted molar refractivity (Wildman–Crippen MR) is 91.7 cm³/mol. The van der Waals surface area contributed by atoms with E-state index in [2.05, 4.69) is 5.32 Å². The van der Waals surface area contributed by atoms with Crippen LogP contribution in [0.25, 0.3) is 0 Å². The van der Waals surface area contributed by atoms with Gasteiger partial charge >= 0.3 is 0 Å². The molecule has 1 N–H and O–H groups in total. The molecular formula is C18H13ClN2O5. The quantitative estimate of drug-likeness (QED) is 0.831. The van der Waals surface area contributed by atoms with Crippen LogP contribution in [0, 0.1) is 0 Å². The highest BCUT2D eigenvalue weighted by Crippen LogP contribution is 2.32. The lowest BCUT2D eigenvalue weighted by Gasteiger charge is -2.14. The minimum absolute atomic E-state index is 0.0697. The largest absolute Gasteiger partial charge is 0.454 e. The summed E-state index contributed by atoms with van der Waals surface area (Å²) in [6.45, 7) is 0.330. The first-order valence-electron chi connectivity index (χ1n) is 7.88. The smallest absolute Gasteiger partial charge is 0.261 e. The third-order valence-electron chi connectivity index (χ3n) is 4.19. The Hall–Kier alpha value is -3.06. The number of imide groups is 1. The van der Waals surface area contributed by atoms with Gasteiger partial charge in [-0.15, -0.1) is 0 Å². The molecule has 0 radical (unpaired) electrons. The number of carbonyl (C=O) groups is 3. The Kier molecular flexibility index (Phi) is 4.00. The normalized spacial score (nSPS) is 14.6. The number of halogens is 1. The van der Waals surface area contributed by atoms with Crippen LogP contribution in [0.3, 0.4) is 0 Å². The van der Waals surface area contributed by atoms with Gasteiger partial charge in [0.05, 0.1) is 11.1 Å². The zero-order chi connectivity index (χ0) is 18.3. The Morgan fingerprint density at radius 2 is 1.81 bits per heavy atom. The van der Waals surface area contributed by atoms with Crippen LogP contribution in [0.1, 0.15) is 31.1 Å². The van der Waals surface area contributed by atoms with Crippen LogP contribution in [-0.2, 0) is 0 Å². The average molecular weight is 373 g/mol. The molecule has 0 fully saturated rings. The molecule has 0 saturated carbocycles. The van der Waals surface area contributed by atoms with Crippen molar-refractivity contribution in [2.24, 2.45) is 0 Å². The number of nitrogens with one attached hydrogen (secondary N) is 1. The minimum Gasteiger partial charge on any atom is -0.454 e. The van der Waals surface area contributed by atoms with Gasteiger partial charge in [0.1, 0.15) is 0 Å². The lowest BCUT2D eigenvalue weighted by Crippen LogP contribution is -2.38. The second-order valence-electron chi connectivity index (χ2n) is 5.78. The molecular weight excluding hydrogens is 360 g/mol. The van der Waals surface area contributed by atoms with Gasteiger partial charge in [-0.1, -0.05) is 11.6 Å². The Labute approximate surface area is 153 Å². The van der Waals surface area contributed by atoms with Crippen molar-refractivity contribution in [3.8, 4) is 11.5 Å². The first kappa shape index (κ1) is 16.4. The zero-order valence-corrected chi connectivity index (χ0v) is 14.2. The van der Waals surface area contributed by atoms with Crippen LogP contribution in [0.4, 0.5) is 0 Å². The van der Waals surface area contributed by atoms with E-state index in [0.717, 1.165) is 4.90 Å². The summed E-state index contributed by atoms with van der Waals surface area (Å²) >= 11 is 5.88. The molecule has 2 aromatic rings. The highest BCUT2D eigenvalue weighted by molar-refractivity contribution is 6.32. The fourth-order valence-corrected chi connectivity index (χ4v) is 3.06. The maximum Gasteiger partial charge on any atom is 0.261 e. The molecule has 0 saturated heterocycles. The molecule has 0 spiro atoms. The van der Waals surface area contributed by atoms with Gasteiger partial charge in [0.25, 0.3) is 17.7 Å². The summed E-state index contributed by atoms with van der Waals surface area (Å²) in [4.78, 5) is 38.0. The Morgan fingerprint density at radius 3 is 2.65 bits per heavy atom. The van der Waals surface area contributed by atoms with Crippen LogP contribution in [0.2, 0.25) is 5.02 Å². The molecule has 0 aromatic heterocycles. The first-order chi connectivity index (χ1) is 12.5. The van der Waals surface area contributed by atoms with Gasteiger partial charge in [0.2, 0.25) is 6.79 Å². The number of benzene rings is 2. The van der Waals surface area contributed by atoms with E-state index in [0.29, 0.717) is 27.6 Å². The lowest BCUT2D eigenvalue weighted by molar-refractivity contribution is 0.0650. The summed E-state index contributed by atoms with van der Waals surface area (Å²) in [7, 11) is 0. The lowest BCUT2D eigenvalue weighted by atomic mass is 10.1. The van der Waals surface area contributed by atoms with E-state index >= 15 is 0 Å². The van der Waals surface area contributed by atoms with E-state index < -0.39 is 5.91 Å². The maximum absolute atomic E-state index is 12.3. The molecule has 2 aliphatic rings. The molecule has 4 rings (SSSR count). The van der Waals surface area contributed by atoms with Gasteiger partial charge in [-0.05, 0) is 36.4 Å². The summed E-state index contributed by atoms with van der Waals surface area (Å²) in [5.74, 6) is -0.0344. The van der Waals surface area contributed by atoms with Crippen molar-refractivity contribution in [3.63, 3.8) is 0 Å². The summed E-state index contributed by atoms with van der Waals surface area (Å²) in [6, 6.07) is 9.43. The molecule has 2 aromatic carbocycles. The number of ether oxygens (including phenoxy) is 2. The van der Waals surface area contributed by atoms with Crippen LogP contribution in [0.5, 0.6) is 11.5 Å². The molecule has 0 bridgehead atoms. The fourth-order valence-electron chi connectivity index (χ4n) is 2.89. The van der Waals surface area contributed by atoms with E-state index in [1.807, 2.05) is 0 Å². The molecule has 0 atom stereocenters. The standard InChI is InChI=1S/C18H13ClN2O5/c19-11-2-3-12-13(8-11)18(24)21(17(12)23)6-5-20-16(22)10-1-4-14-15(7-10)26-9-25-14/h1-4,7-8H,5-6,9H2,(H,20,22). The van der Waals surface area contributed by atoms with Crippen molar-refractivity contribution in [3.05, 3.63) is 58.1 Å². The Morgan fingerprint density at radius 1 is 1.04 bits per heavy atom. The SMILES string of the molecule is O=C(NCCN1C(=O)c2ccc(Cl)cc2C1=O)c1ccc2c(c1)OCO2. The Balaban J connectivity index is 1.38. The number of nitrogens with zero attached hydrogens (tertiary/aromatic N) is 1. The predicted octanol–water partition coefficient (Wildman–Crippen LogP) is 2.09. The van der Waals surface area contributed by atoms with Gasteiger partial charge in [-0.25, -0.2) is 0 Å². The first-order valence-corrected chi connectivity index (χ1v) is 8.26. The van der Waals surface area contributed by atoms with Crippen LogP contribution < -0.4 is 14.8 Å². The summed E-state index contributed by atoms with van der Waals surface area (Å²) in [6.07, 6.45) is 0. The van der Waals surface area contributed by atoms with Gasteiger partial charge in [-0.3, -0.25) is 19.3 Å². The molecule has 3 amide bonds. The molecule has 2 aliphatic heterocycles. The van der Waals surface area contributed by atoms with Gasteiger partial charge < -0.3 is 14.8 Å². The second-order valence-corrected chi connectivity index (χ2v) is 6.21. The van der Waals surface area contributed by atoms with Crippen molar-refractivity contribution in [2.45, 2.75) is 0 Å². The van der Waals surface area contributed by atoms with Crippen molar-refractivity contribution in [1.82, 2.24) is 10.2 Å². The van der Waals surface area contributed by atoms with E-state index in [1.54, 1.807) is 24.3 Å². The number of rotatable bonds is 4. The monoisotopic (exact) mass is 372 g/mol. The van der Waals surface area contributed by atoms with Crippen molar-refractivity contribution in [1.29, 1.82) is 0 Å². The van der Waals surface area contributed by atoms with Crippen LogP contribution >= 0.6 is 11.6 Å². The molecule has 26 heavy (non-hydrogen) atoms. The van der Waals surface area contributed by atoms with Crippen molar-refractivity contribution >= 4 is 29.3 Å². The number of hydrogen-bond acceptors (Lipinski definition) is 5. The number of amides is 3. The van der Waals surface area contributed by atoms with E-state index in [1.165, 1.54) is 12.1 Å². The zero-order valence-electron chi connectivity index (χ0n) is 13.5. The molecule has 0 unspecified atom stereocenters. The van der Waals surface area contributed by atoms with Crippen LogP contribution in [-0.4, -0.2) is 42.5 Å². The van der Waals surface area contributed by atoms with Crippen molar-refractivity contribution in [2.75, 3.05) is 19.9 Å². The summed E-state index contributed by atoms with van der Waals surface area (Å²) in [5.41, 5.74) is 1.01. The third-order valence-corrected chi connectivity index (χ3v) is 4.42. The Bertz CT molecular complexity index is 943. The van der Waals surface area contributed by atoms with Gasteiger partial charge in [0, 0.05) is 23.7 Å². The van der Waals surface area contributed by atoms with Crippen LogP contribution in [0.15, 0.2) is 36.4 Å². The van der Waals surface area contributed by atoms with Gasteiger partial charge in [-0.2, -0.15) is 0 Å². The highest BCUT2D eigenvalue weighted by atomic mass is 35.5. The molecule has 8 heteroatoms. The highest BCUT2D eigenvalue weighted by Gasteiger charge is 2.35. The molecule has 0 aliphatic carbocycles. The number of hydrogen-bond donors (Lipinski definition) is 1. The summed E-state index contributed by atoms with van der Waals surface area (Å²) in [5, 5.41) is 3.08. The molecule has 132 valence electrons.